The lowest BCUT2D eigenvalue weighted by Gasteiger charge is -2.35. The minimum Gasteiger partial charge on any atom is -0.377 e. The first kappa shape index (κ1) is 15.0. The summed E-state index contributed by atoms with van der Waals surface area (Å²) in [7, 11) is 0. The van der Waals surface area contributed by atoms with E-state index in [1.165, 1.54) is 6.07 Å². The van der Waals surface area contributed by atoms with Crippen LogP contribution in [0.5, 0.6) is 0 Å². The number of hydrogen-bond acceptors (Lipinski definition) is 3. The minimum atomic E-state index is -0.770. The molecule has 1 aromatic rings. The van der Waals surface area contributed by atoms with E-state index < -0.39 is 10.7 Å². The highest BCUT2D eigenvalue weighted by Crippen LogP contribution is 2.38. The van der Waals surface area contributed by atoms with Crippen LogP contribution in [0.15, 0.2) is 12.1 Å². The molecule has 2 rings (SSSR count). The zero-order chi connectivity index (χ0) is 14.9. The van der Waals surface area contributed by atoms with Gasteiger partial charge < -0.3 is 5.32 Å². The lowest BCUT2D eigenvalue weighted by Crippen LogP contribution is -2.30. The van der Waals surface area contributed by atoms with Crippen LogP contribution in [0.4, 0.5) is 15.8 Å². The second kappa shape index (κ2) is 5.56. The van der Waals surface area contributed by atoms with Crippen molar-refractivity contribution in [2.75, 3.05) is 5.32 Å². The van der Waals surface area contributed by atoms with E-state index >= 15 is 0 Å². The number of hydrogen-bond donors (Lipinski definition) is 1. The molecule has 110 valence electrons. The third-order valence-electron chi connectivity index (χ3n) is 3.93. The van der Waals surface area contributed by atoms with Crippen LogP contribution < -0.4 is 5.32 Å². The molecule has 0 saturated heterocycles. The lowest BCUT2D eigenvalue weighted by molar-refractivity contribution is -0.384. The van der Waals surface area contributed by atoms with Crippen molar-refractivity contribution in [3.63, 3.8) is 0 Å². The van der Waals surface area contributed by atoms with Crippen molar-refractivity contribution in [1.29, 1.82) is 0 Å². The summed E-state index contributed by atoms with van der Waals surface area (Å²) in [5.74, 6) is -0.770. The Labute approximate surface area is 122 Å². The van der Waals surface area contributed by atoms with Crippen LogP contribution in [0.2, 0.25) is 5.02 Å². The van der Waals surface area contributed by atoms with Gasteiger partial charge in [0.15, 0.2) is 0 Å². The summed E-state index contributed by atoms with van der Waals surface area (Å²) in [6.07, 6.45) is 4.01. The van der Waals surface area contributed by atoms with Crippen molar-refractivity contribution in [2.24, 2.45) is 5.41 Å². The van der Waals surface area contributed by atoms with Crippen LogP contribution in [0.25, 0.3) is 0 Å². The fourth-order valence-electron chi connectivity index (χ4n) is 2.57. The highest BCUT2D eigenvalue weighted by molar-refractivity contribution is 6.31. The van der Waals surface area contributed by atoms with Gasteiger partial charge in [-0.1, -0.05) is 25.4 Å². The van der Waals surface area contributed by atoms with E-state index in [0.717, 1.165) is 31.7 Å². The standard InChI is InChI=1S/C14H18ClFN2O2/c1-14(2)5-3-9(4-6-14)17-12-7-10(15)11(16)8-13(12)18(19)20/h7-9,17H,3-6H2,1-2H3. The Morgan fingerprint density at radius 3 is 2.55 bits per heavy atom. The molecule has 0 amide bonds. The maximum atomic E-state index is 13.3. The number of nitrogens with one attached hydrogen (secondary N) is 1. The largest absolute Gasteiger partial charge is 0.377 e. The van der Waals surface area contributed by atoms with Gasteiger partial charge in [-0.25, -0.2) is 4.39 Å². The molecule has 1 N–H and O–H groups in total. The number of nitrogens with zero attached hydrogens (tertiary/aromatic N) is 1. The van der Waals surface area contributed by atoms with Crippen LogP contribution in [-0.4, -0.2) is 11.0 Å². The first-order valence-corrected chi connectivity index (χ1v) is 7.06. The molecule has 20 heavy (non-hydrogen) atoms. The minimum absolute atomic E-state index is 0.103. The summed E-state index contributed by atoms with van der Waals surface area (Å²) < 4.78 is 13.3. The van der Waals surface area contributed by atoms with Gasteiger partial charge in [0, 0.05) is 6.04 Å². The highest BCUT2D eigenvalue weighted by Gasteiger charge is 2.28. The quantitative estimate of drug-likeness (QED) is 0.646. The van der Waals surface area contributed by atoms with E-state index in [-0.39, 0.29) is 16.8 Å². The fraction of sp³-hybridized carbons (Fsp3) is 0.571. The second-order valence-electron chi connectivity index (χ2n) is 6.12. The zero-order valence-electron chi connectivity index (χ0n) is 11.6. The fourth-order valence-corrected chi connectivity index (χ4v) is 2.73. The predicted molar refractivity (Wildman–Crippen MR) is 77.7 cm³/mol. The summed E-state index contributed by atoms with van der Waals surface area (Å²) in [6.45, 7) is 4.45. The molecule has 0 radical (unpaired) electrons. The van der Waals surface area contributed by atoms with E-state index in [2.05, 4.69) is 19.2 Å². The SMILES string of the molecule is CC1(C)CCC(Nc2cc(Cl)c(F)cc2[N+](=O)[O-])CC1. The molecule has 0 atom stereocenters. The van der Waals surface area contributed by atoms with Gasteiger partial charge in [-0.3, -0.25) is 10.1 Å². The molecule has 1 fully saturated rings. The van der Waals surface area contributed by atoms with Crippen molar-refractivity contribution in [1.82, 2.24) is 0 Å². The lowest BCUT2D eigenvalue weighted by atomic mass is 9.75. The molecular weight excluding hydrogens is 283 g/mol. The number of anilines is 1. The molecular formula is C14H18ClFN2O2. The Balaban J connectivity index is 2.17. The smallest absolute Gasteiger partial charge is 0.295 e. The Bertz CT molecular complexity index is 524. The van der Waals surface area contributed by atoms with Crippen molar-refractivity contribution in [3.05, 3.63) is 33.1 Å². The summed E-state index contributed by atoms with van der Waals surface area (Å²) in [5, 5.41) is 14.0. The summed E-state index contributed by atoms with van der Waals surface area (Å²) >= 11 is 5.72. The normalized spacial score (nSPS) is 18.8. The topological polar surface area (TPSA) is 55.2 Å². The van der Waals surface area contributed by atoms with Gasteiger partial charge in [-0.2, -0.15) is 0 Å². The first-order valence-electron chi connectivity index (χ1n) is 6.68. The Kier molecular flexibility index (Phi) is 4.18. The summed E-state index contributed by atoms with van der Waals surface area (Å²) in [4.78, 5) is 10.4. The first-order chi connectivity index (χ1) is 9.28. The molecule has 0 heterocycles. The molecule has 1 saturated carbocycles. The van der Waals surface area contributed by atoms with E-state index in [1.807, 2.05) is 0 Å². The molecule has 0 aliphatic heterocycles. The van der Waals surface area contributed by atoms with Crippen LogP contribution in [0, 0.1) is 21.3 Å². The molecule has 4 nitrogen and oxygen atoms in total. The number of rotatable bonds is 3. The highest BCUT2D eigenvalue weighted by atomic mass is 35.5. The van der Waals surface area contributed by atoms with Crippen LogP contribution in [0.3, 0.4) is 0 Å². The van der Waals surface area contributed by atoms with Crippen molar-refractivity contribution >= 4 is 23.0 Å². The predicted octanol–water partition coefficient (Wildman–Crippen LogP) is 4.77. The summed E-state index contributed by atoms with van der Waals surface area (Å²) in [5.41, 5.74) is 0.354. The number of benzene rings is 1. The molecule has 6 heteroatoms. The second-order valence-corrected chi connectivity index (χ2v) is 6.53. The van der Waals surface area contributed by atoms with Gasteiger partial charge >= 0.3 is 0 Å². The van der Waals surface area contributed by atoms with Crippen LogP contribution in [-0.2, 0) is 0 Å². The molecule has 0 bridgehead atoms. The van der Waals surface area contributed by atoms with Gasteiger partial charge in [0.2, 0.25) is 0 Å². The van der Waals surface area contributed by atoms with Gasteiger partial charge in [-0.15, -0.1) is 0 Å². The van der Waals surface area contributed by atoms with Gasteiger partial charge in [0.1, 0.15) is 11.5 Å². The monoisotopic (exact) mass is 300 g/mol. The molecule has 1 aliphatic rings. The Morgan fingerprint density at radius 2 is 2.00 bits per heavy atom. The zero-order valence-corrected chi connectivity index (χ0v) is 12.3. The third kappa shape index (κ3) is 3.39. The molecule has 1 aromatic carbocycles. The molecule has 0 spiro atoms. The Hall–Kier alpha value is -1.36. The number of nitro benzene ring substituents is 1. The molecule has 0 unspecified atom stereocenters. The maximum Gasteiger partial charge on any atom is 0.295 e. The molecule has 1 aliphatic carbocycles. The van der Waals surface area contributed by atoms with Gasteiger partial charge in [-0.05, 0) is 37.2 Å². The van der Waals surface area contributed by atoms with E-state index in [9.17, 15) is 14.5 Å². The van der Waals surface area contributed by atoms with E-state index in [0.29, 0.717) is 11.1 Å². The average Bonchev–Trinajstić information content (AvgIpc) is 2.35. The third-order valence-corrected chi connectivity index (χ3v) is 4.22. The summed E-state index contributed by atoms with van der Waals surface area (Å²) in [6, 6.07) is 2.34. The van der Waals surface area contributed by atoms with Crippen molar-refractivity contribution in [2.45, 2.75) is 45.6 Å². The average molecular weight is 301 g/mol. The molecule has 0 aromatic heterocycles. The van der Waals surface area contributed by atoms with Crippen molar-refractivity contribution in [3.8, 4) is 0 Å². The van der Waals surface area contributed by atoms with E-state index in [1.54, 1.807) is 0 Å². The van der Waals surface area contributed by atoms with E-state index in [4.69, 9.17) is 11.6 Å². The van der Waals surface area contributed by atoms with Crippen LogP contribution >= 0.6 is 11.6 Å². The van der Waals surface area contributed by atoms with Gasteiger partial charge in [0.05, 0.1) is 16.0 Å². The Morgan fingerprint density at radius 1 is 1.40 bits per heavy atom. The van der Waals surface area contributed by atoms with Crippen molar-refractivity contribution < 1.29 is 9.31 Å². The number of halogens is 2. The van der Waals surface area contributed by atoms with Crippen LogP contribution in [0.1, 0.15) is 39.5 Å². The maximum absolute atomic E-state index is 13.3. The number of nitro groups is 1. The van der Waals surface area contributed by atoms with Gasteiger partial charge in [0.25, 0.3) is 5.69 Å².